The van der Waals surface area contributed by atoms with Crippen LogP contribution < -0.4 is 5.32 Å². The Balaban J connectivity index is 0.00000342. The molecular formula is C26H39ClN4O4. The lowest BCUT2D eigenvalue weighted by atomic mass is 9.53. The van der Waals surface area contributed by atoms with Crippen molar-refractivity contribution in [1.82, 2.24) is 15.1 Å². The molecule has 1 aromatic carbocycles. The van der Waals surface area contributed by atoms with E-state index in [0.717, 1.165) is 63.1 Å². The summed E-state index contributed by atoms with van der Waals surface area (Å²) in [5, 5.41) is 14.4. The van der Waals surface area contributed by atoms with Crippen LogP contribution in [0, 0.1) is 27.9 Å². The fourth-order valence-electron chi connectivity index (χ4n) is 6.96. The van der Waals surface area contributed by atoms with Gasteiger partial charge in [-0.2, -0.15) is 0 Å². The van der Waals surface area contributed by atoms with Crippen molar-refractivity contribution in [1.29, 1.82) is 0 Å². The Bertz CT molecular complexity index is 868. The number of rotatable bonds is 11. The predicted molar refractivity (Wildman–Crippen MR) is 138 cm³/mol. The zero-order valence-electron chi connectivity index (χ0n) is 20.9. The molecule has 4 fully saturated rings. The van der Waals surface area contributed by atoms with Gasteiger partial charge in [0.15, 0.2) is 0 Å². The number of non-ortho nitro benzene ring substituents is 1. The van der Waals surface area contributed by atoms with Crippen LogP contribution in [-0.2, 0) is 4.79 Å². The molecule has 0 aliphatic heterocycles. The number of benzene rings is 1. The van der Waals surface area contributed by atoms with Gasteiger partial charge >= 0.3 is 0 Å². The van der Waals surface area contributed by atoms with Gasteiger partial charge in [0.05, 0.1) is 11.5 Å². The normalized spacial score (nSPS) is 26.3. The molecule has 4 aliphatic carbocycles. The van der Waals surface area contributed by atoms with E-state index in [1.165, 1.54) is 43.5 Å². The second-order valence-corrected chi connectivity index (χ2v) is 10.7. The number of nitrogens with one attached hydrogen (secondary N) is 1. The smallest absolute Gasteiger partial charge is 0.269 e. The van der Waals surface area contributed by atoms with Crippen molar-refractivity contribution < 1.29 is 14.5 Å². The minimum atomic E-state index is -0.477. The Morgan fingerprint density at radius 3 is 2.03 bits per heavy atom. The monoisotopic (exact) mass is 506 g/mol. The zero-order valence-corrected chi connectivity index (χ0v) is 21.7. The minimum absolute atomic E-state index is 0. The van der Waals surface area contributed by atoms with Crippen LogP contribution in [0.3, 0.4) is 0 Å². The first-order valence-corrected chi connectivity index (χ1v) is 12.9. The maximum Gasteiger partial charge on any atom is 0.269 e. The van der Waals surface area contributed by atoms with E-state index < -0.39 is 4.92 Å². The largest absolute Gasteiger partial charge is 0.349 e. The van der Waals surface area contributed by atoms with Crippen LogP contribution in [0.5, 0.6) is 0 Å². The Hall–Kier alpha value is -2.19. The Morgan fingerprint density at radius 2 is 1.54 bits per heavy atom. The summed E-state index contributed by atoms with van der Waals surface area (Å²) in [7, 11) is 0. The molecular weight excluding hydrogens is 468 g/mol. The zero-order chi connectivity index (χ0) is 24.3. The number of nitro benzene ring substituents is 1. The number of hydrogen-bond donors (Lipinski definition) is 1. The Labute approximate surface area is 214 Å². The van der Waals surface area contributed by atoms with Crippen molar-refractivity contribution in [2.75, 3.05) is 32.7 Å². The summed E-state index contributed by atoms with van der Waals surface area (Å²) < 4.78 is 0. The highest BCUT2D eigenvalue weighted by Gasteiger charge is 2.51. The van der Waals surface area contributed by atoms with Crippen LogP contribution in [0.25, 0.3) is 0 Å². The second kappa shape index (κ2) is 11.7. The summed E-state index contributed by atoms with van der Waals surface area (Å²) in [6, 6.07) is 5.65. The van der Waals surface area contributed by atoms with E-state index in [1.807, 2.05) is 0 Å². The molecule has 0 atom stereocenters. The first kappa shape index (κ1) is 27.4. The fourth-order valence-corrected chi connectivity index (χ4v) is 6.96. The number of carbonyl (C=O) groups is 2. The van der Waals surface area contributed by atoms with Crippen molar-refractivity contribution in [2.24, 2.45) is 17.8 Å². The third kappa shape index (κ3) is 6.53. The average molecular weight is 507 g/mol. The molecule has 1 aromatic rings. The number of nitro groups is 1. The molecule has 4 aliphatic rings. The van der Waals surface area contributed by atoms with Gasteiger partial charge in [-0.3, -0.25) is 19.7 Å². The quantitative estimate of drug-likeness (QED) is 0.357. The summed E-state index contributed by atoms with van der Waals surface area (Å²) in [5.41, 5.74) is 0.231. The molecule has 0 radical (unpaired) electrons. The van der Waals surface area contributed by atoms with Gasteiger partial charge < -0.3 is 15.1 Å². The molecule has 9 heteroatoms. The Kier molecular flexibility index (Phi) is 9.16. The third-order valence-corrected chi connectivity index (χ3v) is 8.19. The highest BCUT2D eigenvalue weighted by atomic mass is 35.5. The summed E-state index contributed by atoms with van der Waals surface area (Å²) in [5.74, 6) is 1.87. The molecule has 2 amide bonds. The molecule has 0 aromatic heterocycles. The topological polar surface area (TPSA) is 95.8 Å². The van der Waals surface area contributed by atoms with Gasteiger partial charge in [-0.15, -0.1) is 12.4 Å². The van der Waals surface area contributed by atoms with Gasteiger partial charge in [-0.1, -0.05) is 13.8 Å². The van der Waals surface area contributed by atoms with Crippen LogP contribution in [-0.4, -0.2) is 64.8 Å². The molecule has 0 spiro atoms. The maximum absolute atomic E-state index is 13.3. The summed E-state index contributed by atoms with van der Waals surface area (Å²) in [4.78, 5) is 40.9. The van der Waals surface area contributed by atoms with Crippen LogP contribution in [0.2, 0.25) is 0 Å². The molecule has 0 unspecified atom stereocenters. The number of carbonyl (C=O) groups excluding carboxylic acids is 2. The minimum Gasteiger partial charge on any atom is -0.349 e. The number of halogens is 1. The molecule has 4 saturated carbocycles. The Morgan fingerprint density at radius 1 is 1.00 bits per heavy atom. The molecule has 0 heterocycles. The van der Waals surface area contributed by atoms with Gasteiger partial charge in [-0.05, 0) is 94.5 Å². The van der Waals surface area contributed by atoms with Crippen molar-refractivity contribution >= 4 is 29.9 Å². The van der Waals surface area contributed by atoms with Gasteiger partial charge in [-0.25, -0.2) is 0 Å². The SMILES string of the molecule is CCN(CC)CCCN(CC(=O)NC12CC3CC(CC(C3)C1)C2)C(=O)c1ccc([N+](=O)[O-])cc1.Cl. The van der Waals surface area contributed by atoms with Gasteiger partial charge in [0.1, 0.15) is 0 Å². The van der Waals surface area contributed by atoms with Crippen molar-refractivity contribution in [3.05, 3.63) is 39.9 Å². The highest BCUT2D eigenvalue weighted by molar-refractivity contribution is 5.96. The lowest BCUT2D eigenvalue weighted by Crippen LogP contribution is -2.61. The standard InChI is InChI=1S/C26H38N4O4.ClH/c1-3-28(4-2)10-5-11-29(25(32)22-6-8-23(9-7-22)30(33)34)18-24(31)27-26-15-19-12-20(16-26)14-21(13-19)17-26;/h6-9,19-21H,3-5,10-18H2,1-2H3,(H,27,31);1H. The number of hydrogen-bond acceptors (Lipinski definition) is 5. The van der Waals surface area contributed by atoms with Crippen molar-refractivity contribution in [3.63, 3.8) is 0 Å². The van der Waals surface area contributed by atoms with E-state index in [2.05, 4.69) is 24.1 Å². The van der Waals surface area contributed by atoms with E-state index in [0.29, 0.717) is 12.1 Å². The van der Waals surface area contributed by atoms with E-state index in [1.54, 1.807) is 4.90 Å². The summed E-state index contributed by atoms with van der Waals surface area (Å²) in [6.07, 6.45) is 7.92. The van der Waals surface area contributed by atoms with Gasteiger partial charge in [0.2, 0.25) is 5.91 Å². The van der Waals surface area contributed by atoms with Crippen LogP contribution in [0.1, 0.15) is 69.2 Å². The van der Waals surface area contributed by atoms with Crippen molar-refractivity contribution in [3.8, 4) is 0 Å². The highest BCUT2D eigenvalue weighted by Crippen LogP contribution is 2.55. The maximum atomic E-state index is 13.3. The van der Waals surface area contributed by atoms with E-state index in [4.69, 9.17) is 0 Å². The summed E-state index contributed by atoms with van der Waals surface area (Å²) >= 11 is 0. The first-order chi connectivity index (χ1) is 16.3. The van der Waals surface area contributed by atoms with Gasteiger partial charge in [0.25, 0.3) is 11.6 Å². The van der Waals surface area contributed by atoms with Crippen LogP contribution in [0.4, 0.5) is 5.69 Å². The molecule has 4 bridgehead atoms. The fraction of sp³-hybridized carbons (Fsp3) is 0.692. The lowest BCUT2D eigenvalue weighted by Gasteiger charge is -2.57. The lowest BCUT2D eigenvalue weighted by molar-refractivity contribution is -0.384. The molecule has 0 saturated heterocycles. The van der Waals surface area contributed by atoms with Crippen LogP contribution in [0.15, 0.2) is 24.3 Å². The second-order valence-electron chi connectivity index (χ2n) is 10.7. The number of amides is 2. The molecule has 8 nitrogen and oxygen atoms in total. The average Bonchev–Trinajstić information content (AvgIpc) is 2.79. The van der Waals surface area contributed by atoms with E-state index >= 15 is 0 Å². The molecule has 35 heavy (non-hydrogen) atoms. The van der Waals surface area contributed by atoms with Crippen LogP contribution >= 0.6 is 12.4 Å². The van der Waals surface area contributed by atoms with E-state index in [-0.39, 0.29) is 42.0 Å². The molecule has 194 valence electrons. The third-order valence-electron chi connectivity index (χ3n) is 8.19. The number of nitrogens with zero attached hydrogens (tertiary/aromatic N) is 3. The van der Waals surface area contributed by atoms with Gasteiger partial charge in [0, 0.05) is 29.8 Å². The van der Waals surface area contributed by atoms with E-state index in [9.17, 15) is 19.7 Å². The molecule has 5 rings (SSSR count). The first-order valence-electron chi connectivity index (χ1n) is 12.9. The predicted octanol–water partition coefficient (Wildman–Crippen LogP) is 4.28. The summed E-state index contributed by atoms with van der Waals surface area (Å²) in [6.45, 7) is 7.47. The molecule has 1 N–H and O–H groups in total. The van der Waals surface area contributed by atoms with Crippen molar-refractivity contribution in [2.45, 2.75) is 64.3 Å².